The molecule has 1 rings (SSSR count). The molecule has 0 radical (unpaired) electrons. The van der Waals surface area contributed by atoms with E-state index in [9.17, 15) is 0 Å². The number of aliphatic hydroxyl groups excluding tert-OH is 1. The molecule has 0 spiro atoms. The van der Waals surface area contributed by atoms with Crippen LogP contribution in [0.5, 0.6) is 11.5 Å². The molecule has 0 aliphatic heterocycles. The molecule has 0 atom stereocenters. The summed E-state index contributed by atoms with van der Waals surface area (Å²) in [5, 5.41) is 9.96. The van der Waals surface area contributed by atoms with Crippen LogP contribution in [0.15, 0.2) is 12.1 Å². The van der Waals surface area contributed by atoms with Gasteiger partial charge in [-0.1, -0.05) is 27.8 Å². The Hall–Kier alpha value is -1.18. The first kappa shape index (κ1) is 13.9. The largest absolute Gasteiger partial charge is 0.495 e. The van der Waals surface area contributed by atoms with E-state index in [1.165, 1.54) is 0 Å². The first-order valence-electron chi connectivity index (χ1n) is 5.17. The van der Waals surface area contributed by atoms with Gasteiger partial charge in [-0.05, 0) is 17.7 Å². The van der Waals surface area contributed by atoms with Crippen molar-refractivity contribution in [3.63, 3.8) is 0 Å². The van der Waals surface area contributed by atoms with Gasteiger partial charge in [-0.25, -0.2) is 0 Å². The van der Waals surface area contributed by atoms with E-state index >= 15 is 0 Å². The van der Waals surface area contributed by atoms with Crippen molar-refractivity contribution in [3.8, 4) is 23.3 Å². The molecular weight excluding hydrogens is 284 g/mol. The summed E-state index contributed by atoms with van der Waals surface area (Å²) in [5.41, 5.74) is 1.46. The molecule has 0 amide bonds. The molecule has 1 N–H and O–H groups in total. The Balaban J connectivity index is 3.21. The van der Waals surface area contributed by atoms with Gasteiger partial charge >= 0.3 is 0 Å². The van der Waals surface area contributed by atoms with Crippen LogP contribution in [0.3, 0.4) is 0 Å². The molecule has 1 aromatic carbocycles. The number of rotatable bonds is 4. The Kier molecular flexibility index (Phi) is 5.88. The van der Waals surface area contributed by atoms with Gasteiger partial charge in [-0.3, -0.25) is 0 Å². The summed E-state index contributed by atoms with van der Waals surface area (Å²) in [4.78, 5) is 0. The van der Waals surface area contributed by atoms with E-state index in [1.807, 2.05) is 0 Å². The van der Waals surface area contributed by atoms with Crippen molar-refractivity contribution in [2.24, 2.45) is 0 Å². The average molecular weight is 299 g/mol. The lowest BCUT2D eigenvalue weighted by Crippen LogP contribution is -1.96. The maximum atomic E-state index is 9.13. The molecule has 0 saturated heterocycles. The van der Waals surface area contributed by atoms with Crippen LogP contribution < -0.4 is 9.47 Å². The molecule has 1 aromatic rings. The Morgan fingerprint density at radius 3 is 2.24 bits per heavy atom. The van der Waals surface area contributed by atoms with Crippen LogP contribution in [-0.4, -0.2) is 24.7 Å². The highest BCUT2D eigenvalue weighted by molar-refractivity contribution is 9.09. The van der Waals surface area contributed by atoms with Crippen molar-refractivity contribution >= 4 is 15.9 Å². The van der Waals surface area contributed by atoms with E-state index in [2.05, 4.69) is 27.8 Å². The average Bonchev–Trinajstić information content (AvgIpc) is 2.38. The minimum atomic E-state index is -0.0537. The number of halogens is 1. The molecule has 0 saturated carbocycles. The number of methoxy groups -OCH3 is 2. The first-order chi connectivity index (χ1) is 8.26. The van der Waals surface area contributed by atoms with Crippen molar-refractivity contribution in [2.75, 3.05) is 19.5 Å². The van der Waals surface area contributed by atoms with E-state index in [1.54, 1.807) is 26.4 Å². The molecule has 0 aliphatic carbocycles. The Morgan fingerprint density at radius 2 is 1.82 bits per heavy atom. The van der Waals surface area contributed by atoms with Crippen LogP contribution in [0.1, 0.15) is 17.5 Å². The van der Waals surface area contributed by atoms with E-state index < -0.39 is 0 Å². The smallest absolute Gasteiger partial charge is 0.138 e. The van der Waals surface area contributed by atoms with Gasteiger partial charge in [0, 0.05) is 11.8 Å². The zero-order valence-corrected chi connectivity index (χ0v) is 11.5. The second-order valence-corrected chi connectivity index (χ2v) is 4.07. The number of aliphatic hydroxyl groups is 1. The molecule has 0 unspecified atom stereocenters. The topological polar surface area (TPSA) is 38.7 Å². The highest BCUT2D eigenvalue weighted by Gasteiger charge is 2.10. The van der Waals surface area contributed by atoms with Crippen molar-refractivity contribution < 1.29 is 14.6 Å². The van der Waals surface area contributed by atoms with E-state index in [4.69, 9.17) is 14.6 Å². The third-order valence-corrected chi connectivity index (χ3v) is 2.58. The number of benzene rings is 1. The monoisotopic (exact) mass is 298 g/mol. The van der Waals surface area contributed by atoms with Gasteiger partial charge in [-0.15, -0.1) is 0 Å². The van der Waals surface area contributed by atoms with Gasteiger partial charge in [0.05, 0.1) is 20.8 Å². The van der Waals surface area contributed by atoms with E-state index in [0.717, 1.165) is 17.3 Å². The summed E-state index contributed by atoms with van der Waals surface area (Å²) in [5.74, 6) is 7.28. The third kappa shape index (κ3) is 3.65. The molecule has 0 bridgehead atoms. The molecule has 0 aromatic heterocycles. The van der Waals surface area contributed by atoms with Gasteiger partial charge in [0.1, 0.15) is 17.1 Å². The van der Waals surface area contributed by atoms with Gasteiger partial charge in [0.25, 0.3) is 0 Å². The van der Waals surface area contributed by atoms with Crippen molar-refractivity contribution in [1.82, 2.24) is 0 Å². The Labute approximate surface area is 110 Å². The molecule has 17 heavy (non-hydrogen) atoms. The Morgan fingerprint density at radius 1 is 1.24 bits per heavy atom. The highest BCUT2D eigenvalue weighted by atomic mass is 79.9. The summed E-state index contributed by atoms with van der Waals surface area (Å²) in [6.45, 7) is -0.0537. The lowest BCUT2D eigenvalue weighted by atomic mass is 10.1. The fourth-order valence-corrected chi connectivity index (χ4v) is 1.58. The zero-order chi connectivity index (χ0) is 12.7. The lowest BCUT2D eigenvalue weighted by molar-refractivity contribution is 0.280. The SMILES string of the molecule is COc1cc(CO)cc(OC)c1C#CCCBr. The second-order valence-electron chi connectivity index (χ2n) is 3.27. The third-order valence-electron chi connectivity index (χ3n) is 2.18. The highest BCUT2D eigenvalue weighted by Crippen LogP contribution is 2.29. The van der Waals surface area contributed by atoms with Gasteiger partial charge < -0.3 is 14.6 Å². The summed E-state index contributed by atoms with van der Waals surface area (Å²) < 4.78 is 10.5. The molecule has 4 heteroatoms. The number of ether oxygens (including phenoxy) is 2. The zero-order valence-electron chi connectivity index (χ0n) is 9.92. The minimum Gasteiger partial charge on any atom is -0.495 e. The molecule has 92 valence electrons. The fourth-order valence-electron chi connectivity index (χ4n) is 1.38. The number of alkyl halides is 1. The van der Waals surface area contributed by atoms with Crippen LogP contribution in [0.25, 0.3) is 0 Å². The minimum absolute atomic E-state index is 0.0537. The van der Waals surface area contributed by atoms with Crippen LogP contribution in [0.4, 0.5) is 0 Å². The van der Waals surface area contributed by atoms with E-state index in [-0.39, 0.29) is 6.61 Å². The molecular formula is C13H15BrO3. The summed E-state index contributed by atoms with van der Waals surface area (Å²) >= 11 is 3.32. The summed E-state index contributed by atoms with van der Waals surface area (Å²) in [6.07, 6.45) is 0.758. The summed E-state index contributed by atoms with van der Waals surface area (Å²) in [6, 6.07) is 3.53. The standard InChI is InChI=1S/C13H15BrO3/c1-16-12-7-10(9-15)8-13(17-2)11(12)5-3-4-6-14/h7-8,15H,4,6,9H2,1-2H3. The van der Waals surface area contributed by atoms with Crippen LogP contribution >= 0.6 is 15.9 Å². The normalized spacial score (nSPS) is 9.41. The second kappa shape index (κ2) is 7.21. The molecule has 0 fully saturated rings. The number of hydrogen-bond donors (Lipinski definition) is 1. The Bertz CT molecular complexity index is 407. The van der Waals surface area contributed by atoms with E-state index in [0.29, 0.717) is 17.1 Å². The predicted octanol–water partition coefficient (Wildman–Crippen LogP) is 2.33. The molecule has 3 nitrogen and oxygen atoms in total. The van der Waals surface area contributed by atoms with Crippen LogP contribution in [0, 0.1) is 11.8 Å². The van der Waals surface area contributed by atoms with Crippen LogP contribution in [0.2, 0.25) is 0 Å². The van der Waals surface area contributed by atoms with Gasteiger partial charge in [0.2, 0.25) is 0 Å². The van der Waals surface area contributed by atoms with Crippen molar-refractivity contribution in [3.05, 3.63) is 23.3 Å². The first-order valence-corrected chi connectivity index (χ1v) is 6.29. The summed E-state index contributed by atoms with van der Waals surface area (Å²) in [7, 11) is 3.15. The molecule has 0 heterocycles. The fraction of sp³-hybridized carbons (Fsp3) is 0.385. The van der Waals surface area contributed by atoms with Crippen molar-refractivity contribution in [1.29, 1.82) is 0 Å². The number of hydrogen-bond acceptors (Lipinski definition) is 3. The maximum absolute atomic E-state index is 9.13. The maximum Gasteiger partial charge on any atom is 0.138 e. The van der Waals surface area contributed by atoms with Crippen LogP contribution in [-0.2, 0) is 6.61 Å². The van der Waals surface area contributed by atoms with Gasteiger partial charge in [0.15, 0.2) is 0 Å². The van der Waals surface area contributed by atoms with Gasteiger partial charge in [-0.2, -0.15) is 0 Å². The molecule has 0 aliphatic rings. The lowest BCUT2D eigenvalue weighted by Gasteiger charge is -2.10. The predicted molar refractivity (Wildman–Crippen MR) is 70.8 cm³/mol. The quantitative estimate of drug-likeness (QED) is 0.685. The van der Waals surface area contributed by atoms with Crippen molar-refractivity contribution in [2.45, 2.75) is 13.0 Å².